The first-order valence-electron chi connectivity index (χ1n) is 4.63. The Labute approximate surface area is 84.6 Å². The maximum atomic E-state index is 5.45. The molecule has 0 aliphatic heterocycles. The normalized spacial score (nSPS) is 9.86. The Morgan fingerprint density at radius 3 is 2.86 bits per heavy atom. The highest BCUT2D eigenvalue weighted by atomic mass is 16.5. The summed E-state index contributed by atoms with van der Waals surface area (Å²) in [6, 6.07) is 8.50. The summed E-state index contributed by atoms with van der Waals surface area (Å²) in [5, 5.41) is 0. The topological polar surface area (TPSA) is 27.7 Å². The Morgan fingerprint density at radius 2 is 2.14 bits per heavy atom. The van der Waals surface area contributed by atoms with E-state index in [1.54, 1.807) is 13.2 Å². The van der Waals surface area contributed by atoms with Crippen LogP contribution in [0.3, 0.4) is 0 Å². The summed E-state index contributed by atoms with van der Waals surface area (Å²) >= 11 is 0. The minimum atomic E-state index is 0.522. The lowest BCUT2D eigenvalue weighted by molar-refractivity contribution is 0.143. The number of ether oxygens (including phenoxy) is 3. The molecule has 1 rings (SSSR count). The van der Waals surface area contributed by atoms with Gasteiger partial charge in [-0.2, -0.15) is 0 Å². The summed E-state index contributed by atoms with van der Waals surface area (Å²) in [5.41, 5.74) is 0. The largest absolute Gasteiger partial charge is 0.489 e. The minimum Gasteiger partial charge on any atom is -0.489 e. The Balaban J connectivity index is 2.55. The second-order valence-electron chi connectivity index (χ2n) is 2.64. The van der Waals surface area contributed by atoms with Crippen LogP contribution in [0.2, 0.25) is 0 Å². The average molecular weight is 195 g/mol. The zero-order valence-corrected chi connectivity index (χ0v) is 8.58. The van der Waals surface area contributed by atoms with Gasteiger partial charge in [0.15, 0.2) is 11.5 Å². The van der Waals surface area contributed by atoms with Crippen LogP contribution in [-0.4, -0.2) is 26.9 Å². The summed E-state index contributed by atoms with van der Waals surface area (Å²) in [6.07, 6.45) is 0. The Bertz CT molecular complexity index is 260. The van der Waals surface area contributed by atoms with Gasteiger partial charge in [0.2, 0.25) is 0 Å². The molecule has 0 aromatic heterocycles. The van der Waals surface area contributed by atoms with Crippen molar-refractivity contribution >= 4 is 0 Å². The van der Waals surface area contributed by atoms with E-state index in [4.69, 9.17) is 14.2 Å². The molecule has 14 heavy (non-hydrogen) atoms. The summed E-state index contributed by atoms with van der Waals surface area (Å²) in [6.45, 7) is 3.63. The number of hydrogen-bond acceptors (Lipinski definition) is 3. The van der Waals surface area contributed by atoms with Crippen LogP contribution in [0, 0.1) is 6.07 Å². The quantitative estimate of drug-likeness (QED) is 0.649. The van der Waals surface area contributed by atoms with Crippen molar-refractivity contribution in [2.45, 2.75) is 6.92 Å². The van der Waals surface area contributed by atoms with Crippen LogP contribution in [0.5, 0.6) is 11.5 Å². The summed E-state index contributed by atoms with van der Waals surface area (Å²) < 4.78 is 15.7. The third kappa shape index (κ3) is 3.26. The van der Waals surface area contributed by atoms with Gasteiger partial charge in [-0.3, -0.25) is 0 Å². The van der Waals surface area contributed by atoms with Gasteiger partial charge in [-0.15, -0.1) is 0 Å². The molecule has 0 atom stereocenters. The molecule has 0 aliphatic carbocycles. The van der Waals surface area contributed by atoms with Crippen molar-refractivity contribution in [3.63, 3.8) is 0 Å². The van der Waals surface area contributed by atoms with E-state index < -0.39 is 0 Å². The van der Waals surface area contributed by atoms with E-state index in [-0.39, 0.29) is 0 Å². The van der Waals surface area contributed by atoms with Crippen molar-refractivity contribution in [1.82, 2.24) is 0 Å². The van der Waals surface area contributed by atoms with Crippen LogP contribution in [0.15, 0.2) is 18.2 Å². The predicted molar refractivity (Wildman–Crippen MR) is 53.8 cm³/mol. The molecule has 0 heterocycles. The van der Waals surface area contributed by atoms with E-state index >= 15 is 0 Å². The Kier molecular flexibility index (Phi) is 4.86. The van der Waals surface area contributed by atoms with Crippen LogP contribution in [-0.2, 0) is 4.74 Å². The predicted octanol–water partition coefficient (Wildman–Crippen LogP) is 1.91. The van der Waals surface area contributed by atoms with Gasteiger partial charge in [0.05, 0.1) is 13.2 Å². The van der Waals surface area contributed by atoms with Gasteiger partial charge in [-0.25, -0.2) is 0 Å². The van der Waals surface area contributed by atoms with Crippen LogP contribution in [0.1, 0.15) is 6.92 Å². The van der Waals surface area contributed by atoms with E-state index in [0.717, 1.165) is 0 Å². The molecule has 1 aromatic carbocycles. The lowest BCUT2D eigenvalue weighted by Gasteiger charge is -2.10. The van der Waals surface area contributed by atoms with E-state index in [9.17, 15) is 0 Å². The first kappa shape index (κ1) is 10.9. The Morgan fingerprint density at radius 1 is 1.29 bits per heavy atom. The van der Waals surface area contributed by atoms with Crippen molar-refractivity contribution in [3.8, 4) is 11.5 Å². The smallest absolute Gasteiger partial charge is 0.169 e. The van der Waals surface area contributed by atoms with Crippen molar-refractivity contribution in [3.05, 3.63) is 24.3 Å². The van der Waals surface area contributed by atoms with Crippen LogP contribution >= 0.6 is 0 Å². The molecule has 0 fully saturated rings. The lowest BCUT2D eigenvalue weighted by atomic mass is 10.3. The van der Waals surface area contributed by atoms with Gasteiger partial charge in [0.25, 0.3) is 0 Å². The molecule has 0 aliphatic rings. The van der Waals surface area contributed by atoms with Crippen molar-refractivity contribution in [2.24, 2.45) is 0 Å². The van der Waals surface area contributed by atoms with Gasteiger partial charge in [-0.1, -0.05) is 12.1 Å². The molecule has 1 radical (unpaired) electrons. The molecule has 1 aromatic rings. The lowest BCUT2D eigenvalue weighted by Crippen LogP contribution is -2.05. The second kappa shape index (κ2) is 6.27. The SMILES string of the molecule is CCOc1[c]cccc1OCCOC. The molecule has 0 bridgehead atoms. The van der Waals surface area contributed by atoms with Gasteiger partial charge in [-0.05, 0) is 13.0 Å². The van der Waals surface area contributed by atoms with E-state index in [1.807, 2.05) is 19.1 Å². The molecule has 3 nitrogen and oxygen atoms in total. The molecular weight excluding hydrogens is 180 g/mol. The highest BCUT2D eigenvalue weighted by molar-refractivity contribution is 5.38. The Hall–Kier alpha value is -1.22. The number of para-hydroxylation sites is 1. The van der Waals surface area contributed by atoms with Gasteiger partial charge in [0.1, 0.15) is 6.61 Å². The maximum absolute atomic E-state index is 5.45. The fraction of sp³-hybridized carbons (Fsp3) is 0.455. The van der Waals surface area contributed by atoms with Crippen molar-refractivity contribution in [2.75, 3.05) is 26.9 Å². The maximum Gasteiger partial charge on any atom is 0.169 e. The fourth-order valence-corrected chi connectivity index (χ4v) is 1.01. The molecule has 3 heteroatoms. The molecule has 0 spiro atoms. The third-order valence-electron chi connectivity index (χ3n) is 1.62. The number of hydrogen-bond donors (Lipinski definition) is 0. The molecule has 0 saturated heterocycles. The summed E-state index contributed by atoms with van der Waals surface area (Å²) in [7, 11) is 1.64. The average Bonchev–Trinajstić information content (AvgIpc) is 2.21. The fourth-order valence-electron chi connectivity index (χ4n) is 1.01. The van der Waals surface area contributed by atoms with Crippen LogP contribution < -0.4 is 9.47 Å². The van der Waals surface area contributed by atoms with Crippen molar-refractivity contribution < 1.29 is 14.2 Å². The molecule has 0 unspecified atom stereocenters. The summed E-state index contributed by atoms with van der Waals surface area (Å²) in [5.74, 6) is 1.37. The first-order valence-corrected chi connectivity index (χ1v) is 4.63. The molecule has 0 N–H and O–H groups in total. The first-order chi connectivity index (χ1) is 6.88. The monoisotopic (exact) mass is 195 g/mol. The summed E-state index contributed by atoms with van der Waals surface area (Å²) in [4.78, 5) is 0. The van der Waals surface area contributed by atoms with Gasteiger partial charge >= 0.3 is 0 Å². The number of methoxy groups -OCH3 is 1. The molecule has 0 saturated carbocycles. The zero-order chi connectivity index (χ0) is 10.2. The van der Waals surface area contributed by atoms with Gasteiger partial charge in [0, 0.05) is 13.2 Å². The standard InChI is InChI=1S/C11H15O3/c1-3-13-10-6-4-5-7-11(10)14-9-8-12-2/h4-5,7H,3,8-9H2,1-2H3. The highest BCUT2D eigenvalue weighted by Crippen LogP contribution is 2.25. The van der Waals surface area contributed by atoms with E-state index in [2.05, 4.69) is 6.07 Å². The highest BCUT2D eigenvalue weighted by Gasteiger charge is 2.02. The third-order valence-corrected chi connectivity index (χ3v) is 1.62. The number of rotatable bonds is 6. The van der Waals surface area contributed by atoms with E-state index in [1.165, 1.54) is 0 Å². The molecule has 0 amide bonds. The molecular formula is C11H15O3. The number of benzene rings is 1. The van der Waals surface area contributed by atoms with Crippen LogP contribution in [0.4, 0.5) is 0 Å². The second-order valence-corrected chi connectivity index (χ2v) is 2.64. The van der Waals surface area contributed by atoms with Gasteiger partial charge < -0.3 is 14.2 Å². The van der Waals surface area contributed by atoms with Crippen molar-refractivity contribution in [1.29, 1.82) is 0 Å². The van der Waals surface area contributed by atoms with Crippen LogP contribution in [0.25, 0.3) is 0 Å². The van der Waals surface area contributed by atoms with E-state index in [0.29, 0.717) is 31.3 Å². The molecule has 77 valence electrons. The minimum absolute atomic E-state index is 0.522. The zero-order valence-electron chi connectivity index (χ0n) is 8.58.